The van der Waals surface area contributed by atoms with Crippen molar-refractivity contribution in [3.05, 3.63) is 0 Å². The molecule has 0 aromatic heterocycles. The Morgan fingerprint density at radius 1 is 1.57 bits per heavy atom. The van der Waals surface area contributed by atoms with Crippen LogP contribution in [-0.4, -0.2) is 41.7 Å². The van der Waals surface area contributed by atoms with Crippen molar-refractivity contribution in [3.63, 3.8) is 0 Å². The predicted molar refractivity (Wildman–Crippen MR) is 55.4 cm³/mol. The quantitative estimate of drug-likeness (QED) is 0.295. The number of nitrogens with two attached hydrogens (primary N) is 1. The highest BCUT2D eigenvalue weighted by molar-refractivity contribution is 5.75. The van der Waals surface area contributed by atoms with Crippen molar-refractivity contribution >= 4 is 5.91 Å². The molecule has 1 amide bonds. The molecule has 0 aromatic rings. The van der Waals surface area contributed by atoms with Crippen LogP contribution in [0.1, 0.15) is 26.7 Å². The lowest BCUT2D eigenvalue weighted by Gasteiger charge is -2.27. The Morgan fingerprint density at radius 3 is 2.64 bits per heavy atom. The van der Waals surface area contributed by atoms with E-state index in [1.54, 1.807) is 0 Å². The molecule has 0 heterocycles. The molecule has 84 valence electrons. The summed E-state index contributed by atoms with van der Waals surface area (Å²) in [5.41, 5.74) is 2.11. The second-order valence-corrected chi connectivity index (χ2v) is 3.38. The largest absolute Gasteiger partial charge is 0.395 e. The number of hydrazine groups is 1. The fourth-order valence-corrected chi connectivity index (χ4v) is 1.42. The summed E-state index contributed by atoms with van der Waals surface area (Å²) in [5, 5.41) is 8.84. The van der Waals surface area contributed by atoms with Gasteiger partial charge in [-0.2, -0.15) is 0 Å². The molecule has 0 fully saturated rings. The van der Waals surface area contributed by atoms with Crippen LogP contribution in [0.2, 0.25) is 0 Å². The first-order valence-electron chi connectivity index (χ1n) is 5.00. The molecule has 4 N–H and O–H groups in total. The molecule has 0 aliphatic rings. The first-order valence-corrected chi connectivity index (χ1v) is 5.00. The van der Waals surface area contributed by atoms with Crippen LogP contribution < -0.4 is 11.3 Å². The van der Waals surface area contributed by atoms with Crippen molar-refractivity contribution in [2.75, 3.05) is 19.7 Å². The third kappa shape index (κ3) is 5.16. The molecule has 0 rings (SSSR count). The predicted octanol–water partition coefficient (Wildman–Crippen LogP) is -0.541. The van der Waals surface area contributed by atoms with Gasteiger partial charge in [0.15, 0.2) is 0 Å². The van der Waals surface area contributed by atoms with E-state index in [9.17, 15) is 4.79 Å². The summed E-state index contributed by atoms with van der Waals surface area (Å²) in [6.45, 7) is 5.64. The Hall–Kier alpha value is -0.650. The summed E-state index contributed by atoms with van der Waals surface area (Å²) in [7, 11) is 0. The van der Waals surface area contributed by atoms with E-state index >= 15 is 0 Å². The lowest BCUT2D eigenvalue weighted by Crippen LogP contribution is -2.41. The first-order chi connectivity index (χ1) is 6.65. The molecule has 0 saturated heterocycles. The average Bonchev–Trinajstić information content (AvgIpc) is 2.17. The molecule has 1 atom stereocenters. The van der Waals surface area contributed by atoms with E-state index in [0.717, 1.165) is 13.0 Å². The van der Waals surface area contributed by atoms with E-state index in [2.05, 4.69) is 17.2 Å². The van der Waals surface area contributed by atoms with Crippen LogP contribution in [0.25, 0.3) is 0 Å². The van der Waals surface area contributed by atoms with E-state index < -0.39 is 0 Å². The van der Waals surface area contributed by atoms with Crippen LogP contribution in [0, 0.1) is 0 Å². The molecule has 14 heavy (non-hydrogen) atoms. The fraction of sp³-hybridized carbons (Fsp3) is 0.889. The van der Waals surface area contributed by atoms with Gasteiger partial charge < -0.3 is 5.11 Å². The number of hydrogen-bond acceptors (Lipinski definition) is 4. The van der Waals surface area contributed by atoms with Crippen LogP contribution in [-0.2, 0) is 4.79 Å². The van der Waals surface area contributed by atoms with Gasteiger partial charge in [0.1, 0.15) is 0 Å². The number of hydrogen-bond donors (Lipinski definition) is 3. The minimum atomic E-state index is -0.170. The fourth-order valence-electron chi connectivity index (χ4n) is 1.42. The van der Waals surface area contributed by atoms with Crippen molar-refractivity contribution in [1.29, 1.82) is 0 Å². The molecule has 5 nitrogen and oxygen atoms in total. The molecule has 0 aliphatic heterocycles. The molecule has 0 radical (unpaired) electrons. The third-order valence-corrected chi connectivity index (χ3v) is 2.16. The summed E-state index contributed by atoms with van der Waals surface area (Å²) in [5.74, 6) is 4.83. The second kappa shape index (κ2) is 7.73. The average molecular weight is 203 g/mol. The van der Waals surface area contributed by atoms with Crippen LogP contribution in [0.5, 0.6) is 0 Å². The molecule has 5 heteroatoms. The smallest absolute Gasteiger partial charge is 0.235 e. The summed E-state index contributed by atoms with van der Waals surface area (Å²) >= 11 is 0. The monoisotopic (exact) mass is 203 g/mol. The molecule has 0 spiro atoms. The van der Waals surface area contributed by atoms with Gasteiger partial charge in [-0.3, -0.25) is 15.1 Å². The zero-order chi connectivity index (χ0) is 11.0. The Kier molecular flexibility index (Phi) is 7.37. The van der Waals surface area contributed by atoms with Crippen LogP contribution >= 0.6 is 0 Å². The minimum Gasteiger partial charge on any atom is -0.395 e. The normalized spacial score (nSPS) is 12.9. The van der Waals surface area contributed by atoms with Crippen molar-refractivity contribution < 1.29 is 9.90 Å². The lowest BCUT2D eigenvalue weighted by molar-refractivity contribution is -0.122. The Labute approximate surface area is 85.2 Å². The maximum atomic E-state index is 11.0. The highest BCUT2D eigenvalue weighted by atomic mass is 16.3. The number of amides is 1. The summed E-state index contributed by atoms with van der Waals surface area (Å²) in [6, 6.07) is 0.116. The van der Waals surface area contributed by atoms with Gasteiger partial charge in [-0.1, -0.05) is 6.92 Å². The Bertz CT molecular complexity index is 158. The van der Waals surface area contributed by atoms with Gasteiger partial charge in [-0.15, -0.1) is 0 Å². The molecule has 0 saturated carbocycles. The van der Waals surface area contributed by atoms with Crippen LogP contribution in [0.3, 0.4) is 0 Å². The summed E-state index contributed by atoms with van der Waals surface area (Å²) < 4.78 is 0. The molecule has 0 aliphatic carbocycles. The van der Waals surface area contributed by atoms with E-state index in [-0.39, 0.29) is 18.6 Å². The molecule has 1 unspecified atom stereocenters. The number of nitrogens with zero attached hydrogens (tertiary/aromatic N) is 1. The zero-order valence-electron chi connectivity index (χ0n) is 8.99. The number of rotatable bonds is 7. The number of aliphatic hydroxyl groups excluding tert-OH is 1. The minimum absolute atomic E-state index is 0.116. The maximum absolute atomic E-state index is 11.0. The van der Waals surface area contributed by atoms with Gasteiger partial charge in [0.25, 0.3) is 0 Å². The lowest BCUT2D eigenvalue weighted by atomic mass is 10.2. The number of nitrogens with one attached hydrogen (secondary N) is 1. The van der Waals surface area contributed by atoms with E-state index in [4.69, 9.17) is 10.9 Å². The van der Waals surface area contributed by atoms with Gasteiger partial charge in [-0.05, 0) is 19.9 Å². The SMILES string of the molecule is CCCN(CCO)C(C)CC(=O)NN. The number of carbonyl (C=O) groups is 1. The van der Waals surface area contributed by atoms with Gasteiger partial charge in [-0.25, -0.2) is 5.84 Å². The summed E-state index contributed by atoms with van der Waals surface area (Å²) in [6.07, 6.45) is 1.38. The van der Waals surface area contributed by atoms with Crippen LogP contribution in [0.4, 0.5) is 0 Å². The summed E-state index contributed by atoms with van der Waals surface area (Å²) in [4.78, 5) is 13.1. The van der Waals surface area contributed by atoms with Crippen molar-refractivity contribution in [2.45, 2.75) is 32.7 Å². The zero-order valence-corrected chi connectivity index (χ0v) is 8.99. The number of aliphatic hydroxyl groups is 1. The Balaban J connectivity index is 3.99. The van der Waals surface area contributed by atoms with Gasteiger partial charge >= 0.3 is 0 Å². The second-order valence-electron chi connectivity index (χ2n) is 3.38. The molecule has 0 aromatic carbocycles. The molecular weight excluding hydrogens is 182 g/mol. The highest BCUT2D eigenvalue weighted by Gasteiger charge is 2.15. The topological polar surface area (TPSA) is 78.6 Å². The van der Waals surface area contributed by atoms with Crippen molar-refractivity contribution in [2.24, 2.45) is 5.84 Å². The molecule has 0 bridgehead atoms. The standard InChI is InChI=1S/C9H21N3O2/c1-3-4-12(5-6-13)8(2)7-9(14)11-10/h8,13H,3-7,10H2,1-2H3,(H,11,14). The van der Waals surface area contributed by atoms with Crippen LogP contribution in [0.15, 0.2) is 0 Å². The van der Waals surface area contributed by atoms with E-state index in [1.165, 1.54) is 0 Å². The van der Waals surface area contributed by atoms with Crippen molar-refractivity contribution in [3.8, 4) is 0 Å². The number of carbonyl (C=O) groups excluding carboxylic acids is 1. The van der Waals surface area contributed by atoms with Gasteiger partial charge in [0, 0.05) is 19.0 Å². The maximum Gasteiger partial charge on any atom is 0.235 e. The van der Waals surface area contributed by atoms with Gasteiger partial charge in [0.05, 0.1) is 6.61 Å². The van der Waals surface area contributed by atoms with Gasteiger partial charge in [0.2, 0.25) is 5.91 Å². The Morgan fingerprint density at radius 2 is 2.21 bits per heavy atom. The van der Waals surface area contributed by atoms with E-state index in [1.807, 2.05) is 6.92 Å². The van der Waals surface area contributed by atoms with Crippen molar-refractivity contribution in [1.82, 2.24) is 10.3 Å². The van der Waals surface area contributed by atoms with E-state index in [0.29, 0.717) is 13.0 Å². The first kappa shape index (κ1) is 13.4. The molecular formula is C9H21N3O2. The third-order valence-electron chi connectivity index (χ3n) is 2.16. The highest BCUT2D eigenvalue weighted by Crippen LogP contribution is 2.04.